The van der Waals surface area contributed by atoms with Gasteiger partial charge in [-0.25, -0.2) is 23.4 Å². The number of hydrogen-bond acceptors (Lipinski definition) is 7. The fourth-order valence-corrected chi connectivity index (χ4v) is 5.11. The Kier molecular flexibility index (Phi) is 5.58. The van der Waals surface area contributed by atoms with E-state index in [4.69, 9.17) is 15.2 Å². The molecule has 1 aliphatic heterocycles. The van der Waals surface area contributed by atoms with E-state index in [1.54, 1.807) is 17.7 Å². The van der Waals surface area contributed by atoms with Crippen LogP contribution in [0.4, 0.5) is 20.4 Å². The minimum absolute atomic E-state index is 0.0646. The highest BCUT2D eigenvalue weighted by atomic mass is 19.1. The summed E-state index contributed by atoms with van der Waals surface area (Å²) in [6.45, 7) is 3.46. The standard InChI is InChI=1S/C27H24F2N6O2/c1-15(35-26-22(25(30)31-14-32-26)27(33-35)34-11-3-2-4-12-34)24-20(16-7-5-8-17(28)13-16)23(36)21-18(29)9-6-10-19(21)37-24/h5-10,13-15H,2-4,11-12H2,1H3,(H2,30,31,32). The van der Waals surface area contributed by atoms with Crippen LogP contribution in [0.25, 0.3) is 33.1 Å². The Balaban J connectivity index is 1.62. The van der Waals surface area contributed by atoms with E-state index in [1.165, 1.54) is 42.7 Å². The Morgan fingerprint density at radius 3 is 2.59 bits per heavy atom. The van der Waals surface area contributed by atoms with Crippen LogP contribution in [0.3, 0.4) is 0 Å². The van der Waals surface area contributed by atoms with E-state index in [0.29, 0.717) is 22.7 Å². The number of halogens is 2. The van der Waals surface area contributed by atoms with Crippen molar-refractivity contribution in [1.82, 2.24) is 19.7 Å². The molecule has 3 aromatic heterocycles. The molecule has 10 heteroatoms. The number of nitrogen functional groups attached to an aromatic ring is 1. The Hall–Kier alpha value is -4.34. The van der Waals surface area contributed by atoms with Crippen LogP contribution in [-0.2, 0) is 0 Å². The molecule has 1 unspecified atom stereocenters. The average Bonchev–Trinajstić information content (AvgIpc) is 3.29. The first kappa shape index (κ1) is 23.1. The van der Waals surface area contributed by atoms with Crippen molar-refractivity contribution < 1.29 is 13.2 Å². The Morgan fingerprint density at radius 1 is 1.03 bits per heavy atom. The SMILES string of the molecule is CC(c1oc2cccc(F)c2c(=O)c1-c1cccc(F)c1)n1nc(N2CCCCC2)c2c(N)ncnc21. The summed E-state index contributed by atoms with van der Waals surface area (Å²) in [6.07, 6.45) is 4.58. The number of fused-ring (bicyclic) bond motifs is 2. The van der Waals surface area contributed by atoms with Crippen LogP contribution in [0, 0.1) is 11.6 Å². The lowest BCUT2D eigenvalue weighted by molar-refractivity contribution is 0.443. The van der Waals surface area contributed by atoms with Gasteiger partial charge in [-0.15, -0.1) is 0 Å². The number of aromatic nitrogens is 4. The van der Waals surface area contributed by atoms with Gasteiger partial charge in [0.25, 0.3) is 0 Å². The highest BCUT2D eigenvalue weighted by Gasteiger charge is 2.29. The van der Waals surface area contributed by atoms with Crippen LogP contribution >= 0.6 is 0 Å². The van der Waals surface area contributed by atoms with Gasteiger partial charge in [-0.3, -0.25) is 4.79 Å². The highest BCUT2D eigenvalue weighted by Crippen LogP contribution is 2.36. The van der Waals surface area contributed by atoms with Crippen molar-refractivity contribution in [2.24, 2.45) is 0 Å². The topological polar surface area (TPSA) is 103 Å². The Morgan fingerprint density at radius 2 is 1.81 bits per heavy atom. The van der Waals surface area contributed by atoms with Gasteiger partial charge in [0.15, 0.2) is 11.5 Å². The normalized spacial score (nSPS) is 14.9. The molecule has 1 atom stereocenters. The molecule has 8 nitrogen and oxygen atoms in total. The molecule has 6 rings (SSSR count). The van der Waals surface area contributed by atoms with E-state index in [0.717, 1.165) is 32.4 Å². The molecule has 37 heavy (non-hydrogen) atoms. The second kappa shape index (κ2) is 8.95. The van der Waals surface area contributed by atoms with Gasteiger partial charge in [0.1, 0.15) is 51.9 Å². The predicted octanol–water partition coefficient (Wildman–Crippen LogP) is 5.06. The molecule has 0 radical (unpaired) electrons. The number of piperidine rings is 1. The Bertz CT molecular complexity index is 1710. The molecule has 0 bridgehead atoms. The van der Waals surface area contributed by atoms with Gasteiger partial charge in [-0.2, -0.15) is 5.10 Å². The van der Waals surface area contributed by atoms with Crippen molar-refractivity contribution in [2.75, 3.05) is 23.7 Å². The van der Waals surface area contributed by atoms with Crippen LogP contribution < -0.4 is 16.1 Å². The lowest BCUT2D eigenvalue weighted by Gasteiger charge is -2.26. The molecule has 0 aliphatic carbocycles. The van der Waals surface area contributed by atoms with Gasteiger partial charge < -0.3 is 15.1 Å². The number of benzene rings is 2. The van der Waals surface area contributed by atoms with Crippen LogP contribution in [-0.4, -0.2) is 32.8 Å². The smallest absolute Gasteiger partial charge is 0.203 e. The third-order valence-electron chi connectivity index (χ3n) is 6.91. The number of anilines is 2. The predicted molar refractivity (Wildman–Crippen MR) is 137 cm³/mol. The largest absolute Gasteiger partial charge is 0.458 e. The van der Waals surface area contributed by atoms with E-state index in [9.17, 15) is 13.6 Å². The lowest BCUT2D eigenvalue weighted by atomic mass is 9.99. The number of nitrogens with two attached hydrogens (primary N) is 1. The van der Waals surface area contributed by atoms with Crippen molar-refractivity contribution in [1.29, 1.82) is 0 Å². The zero-order chi connectivity index (χ0) is 25.7. The summed E-state index contributed by atoms with van der Waals surface area (Å²) in [7, 11) is 0. The minimum Gasteiger partial charge on any atom is -0.458 e. The molecule has 1 aliphatic rings. The summed E-state index contributed by atoms with van der Waals surface area (Å²) in [5.74, 6) is -0.0554. The molecule has 2 N–H and O–H groups in total. The zero-order valence-corrected chi connectivity index (χ0v) is 20.1. The second-order valence-electron chi connectivity index (χ2n) is 9.24. The van der Waals surface area contributed by atoms with E-state index in [1.807, 2.05) is 0 Å². The van der Waals surface area contributed by atoms with Crippen molar-refractivity contribution in [3.63, 3.8) is 0 Å². The summed E-state index contributed by atoms with van der Waals surface area (Å²) in [6, 6.07) is 9.14. The van der Waals surface area contributed by atoms with Gasteiger partial charge in [-0.1, -0.05) is 18.2 Å². The van der Waals surface area contributed by atoms with E-state index in [-0.39, 0.29) is 27.9 Å². The minimum atomic E-state index is -0.708. The fraction of sp³-hybridized carbons (Fsp3) is 0.259. The van der Waals surface area contributed by atoms with Crippen LogP contribution in [0.2, 0.25) is 0 Å². The Labute approximate surface area is 210 Å². The van der Waals surface area contributed by atoms with Crippen molar-refractivity contribution in [3.8, 4) is 11.1 Å². The number of nitrogens with zero attached hydrogens (tertiary/aromatic N) is 5. The molecule has 1 saturated heterocycles. The monoisotopic (exact) mass is 502 g/mol. The van der Waals surface area contributed by atoms with Crippen molar-refractivity contribution in [3.05, 3.63) is 76.4 Å². The molecule has 0 spiro atoms. The molecule has 0 saturated carbocycles. The zero-order valence-electron chi connectivity index (χ0n) is 20.1. The molecule has 2 aromatic carbocycles. The van der Waals surface area contributed by atoms with Gasteiger partial charge in [0, 0.05) is 13.1 Å². The van der Waals surface area contributed by atoms with Gasteiger partial charge in [-0.05, 0) is 56.0 Å². The maximum absolute atomic E-state index is 14.8. The average molecular weight is 503 g/mol. The highest BCUT2D eigenvalue weighted by molar-refractivity contribution is 5.96. The third kappa shape index (κ3) is 3.80. The first-order valence-corrected chi connectivity index (χ1v) is 12.2. The first-order valence-electron chi connectivity index (χ1n) is 12.2. The quantitative estimate of drug-likeness (QED) is 0.366. The van der Waals surface area contributed by atoms with E-state index >= 15 is 0 Å². The summed E-state index contributed by atoms with van der Waals surface area (Å²) in [4.78, 5) is 24.5. The van der Waals surface area contributed by atoms with Gasteiger partial charge in [0.2, 0.25) is 5.43 Å². The number of rotatable bonds is 4. The van der Waals surface area contributed by atoms with Crippen molar-refractivity contribution >= 4 is 33.6 Å². The van der Waals surface area contributed by atoms with Crippen LogP contribution in [0.1, 0.15) is 38.0 Å². The molecule has 1 fully saturated rings. The second-order valence-corrected chi connectivity index (χ2v) is 9.24. The molecule has 0 amide bonds. The summed E-state index contributed by atoms with van der Waals surface area (Å²) in [5.41, 5.74) is 6.61. The summed E-state index contributed by atoms with van der Waals surface area (Å²) >= 11 is 0. The van der Waals surface area contributed by atoms with Gasteiger partial charge >= 0.3 is 0 Å². The maximum atomic E-state index is 14.8. The molecular formula is C27H24F2N6O2. The summed E-state index contributed by atoms with van der Waals surface area (Å²) < 4.78 is 36.8. The lowest BCUT2D eigenvalue weighted by Crippen LogP contribution is -2.30. The van der Waals surface area contributed by atoms with Crippen LogP contribution in [0.5, 0.6) is 0 Å². The van der Waals surface area contributed by atoms with Gasteiger partial charge in [0.05, 0.1) is 5.56 Å². The third-order valence-corrected chi connectivity index (χ3v) is 6.91. The van der Waals surface area contributed by atoms with Crippen LogP contribution in [0.15, 0.2) is 58.0 Å². The molecular weight excluding hydrogens is 478 g/mol. The summed E-state index contributed by atoms with van der Waals surface area (Å²) in [5, 5.41) is 5.31. The maximum Gasteiger partial charge on any atom is 0.203 e. The number of hydrogen-bond donors (Lipinski definition) is 1. The molecule has 188 valence electrons. The molecule has 4 heterocycles. The van der Waals surface area contributed by atoms with E-state index < -0.39 is 23.1 Å². The molecule has 5 aromatic rings. The first-order chi connectivity index (χ1) is 17.9. The fourth-order valence-electron chi connectivity index (χ4n) is 5.11. The van der Waals surface area contributed by atoms with Crippen molar-refractivity contribution in [2.45, 2.75) is 32.2 Å². The van der Waals surface area contributed by atoms with E-state index in [2.05, 4.69) is 14.9 Å².